The number of amides is 2. The number of nitrogens with two attached hydrogens (primary N) is 1. The van der Waals surface area contributed by atoms with E-state index in [-0.39, 0.29) is 5.76 Å². The van der Waals surface area contributed by atoms with Crippen LogP contribution in [0.25, 0.3) is 10.8 Å². The molecule has 1 aliphatic rings. The second kappa shape index (κ2) is 6.66. The highest BCUT2D eigenvalue weighted by Gasteiger charge is 2.27. The van der Waals surface area contributed by atoms with Gasteiger partial charge in [-0.15, -0.1) is 11.3 Å². The number of rotatable bonds is 3. The van der Waals surface area contributed by atoms with Crippen LogP contribution in [0.15, 0.2) is 39.5 Å². The van der Waals surface area contributed by atoms with Crippen molar-refractivity contribution in [3.8, 4) is 0 Å². The second-order valence-corrected chi connectivity index (χ2v) is 7.96. The molecule has 0 radical (unpaired) electrons. The maximum absolute atomic E-state index is 12.7. The molecule has 4 rings (SSSR count). The van der Waals surface area contributed by atoms with E-state index in [0.29, 0.717) is 27.3 Å². The zero-order valence-electron chi connectivity index (χ0n) is 14.7. The Bertz CT molecular complexity index is 1130. The monoisotopic (exact) mass is 382 g/mol. The summed E-state index contributed by atoms with van der Waals surface area (Å²) in [5.74, 6) is -0.711. The van der Waals surface area contributed by atoms with Crippen LogP contribution in [0.2, 0.25) is 0 Å². The maximum atomic E-state index is 12.7. The Morgan fingerprint density at radius 2 is 2.07 bits per heavy atom. The first-order valence-electron chi connectivity index (χ1n) is 8.72. The largest absolute Gasteiger partial charge is 0.417 e. The molecule has 138 valence electrons. The van der Waals surface area contributed by atoms with E-state index in [9.17, 15) is 14.4 Å². The van der Waals surface area contributed by atoms with Crippen LogP contribution in [-0.2, 0) is 12.8 Å². The lowest BCUT2D eigenvalue weighted by Crippen LogP contribution is -2.20. The molecule has 27 heavy (non-hydrogen) atoms. The Balaban J connectivity index is 1.71. The average molecular weight is 382 g/mol. The van der Waals surface area contributed by atoms with E-state index in [0.717, 1.165) is 29.7 Å². The molecule has 0 unspecified atom stereocenters. The Morgan fingerprint density at radius 3 is 2.85 bits per heavy atom. The third-order valence-electron chi connectivity index (χ3n) is 4.88. The third-order valence-corrected chi connectivity index (χ3v) is 6.05. The van der Waals surface area contributed by atoms with Gasteiger partial charge in [0.1, 0.15) is 5.00 Å². The summed E-state index contributed by atoms with van der Waals surface area (Å²) in [6.45, 7) is 2.16. The first-order chi connectivity index (χ1) is 12.9. The van der Waals surface area contributed by atoms with Crippen LogP contribution >= 0.6 is 11.3 Å². The molecule has 2 aromatic heterocycles. The van der Waals surface area contributed by atoms with Crippen molar-refractivity contribution in [1.82, 2.24) is 0 Å². The SMILES string of the molecule is C[C@H]1CCc2c(sc(NC(=O)c3cc4ccccc4c(=O)o3)c2C(N)=O)C1. The summed E-state index contributed by atoms with van der Waals surface area (Å²) in [5, 5.41) is 4.17. The quantitative estimate of drug-likeness (QED) is 0.725. The minimum Gasteiger partial charge on any atom is -0.417 e. The van der Waals surface area contributed by atoms with E-state index in [2.05, 4.69) is 12.2 Å². The highest BCUT2D eigenvalue weighted by molar-refractivity contribution is 7.17. The fourth-order valence-electron chi connectivity index (χ4n) is 3.51. The van der Waals surface area contributed by atoms with E-state index in [4.69, 9.17) is 10.2 Å². The molecule has 0 spiro atoms. The molecule has 1 atom stereocenters. The predicted octanol–water partition coefficient (Wildman–Crippen LogP) is 3.33. The maximum Gasteiger partial charge on any atom is 0.344 e. The zero-order chi connectivity index (χ0) is 19.1. The minimum atomic E-state index is -0.577. The molecule has 7 heteroatoms. The van der Waals surface area contributed by atoms with Crippen LogP contribution in [0.4, 0.5) is 5.00 Å². The van der Waals surface area contributed by atoms with Crippen molar-refractivity contribution in [2.75, 3.05) is 5.32 Å². The van der Waals surface area contributed by atoms with E-state index >= 15 is 0 Å². The van der Waals surface area contributed by atoms with E-state index in [1.807, 2.05) is 0 Å². The fraction of sp³-hybridized carbons (Fsp3) is 0.250. The number of carbonyl (C=O) groups excluding carboxylic acids is 2. The van der Waals surface area contributed by atoms with E-state index < -0.39 is 17.4 Å². The van der Waals surface area contributed by atoms with Crippen molar-refractivity contribution >= 4 is 38.9 Å². The van der Waals surface area contributed by atoms with Crippen molar-refractivity contribution < 1.29 is 14.0 Å². The van der Waals surface area contributed by atoms with Crippen molar-refractivity contribution in [2.45, 2.75) is 26.2 Å². The van der Waals surface area contributed by atoms with Crippen molar-refractivity contribution in [3.63, 3.8) is 0 Å². The van der Waals surface area contributed by atoms with Crippen molar-refractivity contribution in [3.05, 3.63) is 62.5 Å². The number of anilines is 1. The Hall–Kier alpha value is -2.93. The molecule has 3 N–H and O–H groups in total. The molecule has 3 aromatic rings. The van der Waals surface area contributed by atoms with Crippen LogP contribution in [0.1, 0.15) is 44.7 Å². The molecular formula is C20H18N2O4S. The van der Waals surface area contributed by atoms with Gasteiger partial charge in [-0.05, 0) is 48.3 Å². The van der Waals surface area contributed by atoms with Gasteiger partial charge in [0.25, 0.3) is 11.8 Å². The minimum absolute atomic E-state index is 0.103. The van der Waals surface area contributed by atoms with E-state index in [1.54, 1.807) is 24.3 Å². The number of fused-ring (bicyclic) bond motifs is 2. The predicted molar refractivity (Wildman–Crippen MR) is 104 cm³/mol. The lowest BCUT2D eigenvalue weighted by Gasteiger charge is -2.18. The van der Waals surface area contributed by atoms with Gasteiger partial charge in [-0.1, -0.05) is 25.1 Å². The zero-order valence-corrected chi connectivity index (χ0v) is 15.5. The van der Waals surface area contributed by atoms with Crippen LogP contribution in [0, 0.1) is 5.92 Å². The summed E-state index contributed by atoms with van der Waals surface area (Å²) in [5.41, 5.74) is 6.30. The molecule has 1 aliphatic carbocycles. The molecule has 6 nitrogen and oxygen atoms in total. The highest BCUT2D eigenvalue weighted by Crippen LogP contribution is 2.39. The van der Waals surface area contributed by atoms with Gasteiger partial charge in [0.15, 0.2) is 5.76 Å². The number of hydrogen-bond acceptors (Lipinski definition) is 5. The lowest BCUT2D eigenvalue weighted by molar-refractivity contribution is 0.0993. The van der Waals surface area contributed by atoms with Gasteiger partial charge in [-0.2, -0.15) is 0 Å². The van der Waals surface area contributed by atoms with Gasteiger partial charge in [0.2, 0.25) is 0 Å². The van der Waals surface area contributed by atoms with Crippen molar-refractivity contribution in [1.29, 1.82) is 0 Å². The number of nitrogens with one attached hydrogen (secondary N) is 1. The molecule has 0 saturated heterocycles. The standard InChI is InChI=1S/C20H18N2O4S/c1-10-6-7-13-15(8-10)27-19(16(13)17(21)23)22-18(24)14-9-11-4-2-3-5-12(11)20(25)26-14/h2-5,9-10H,6-8H2,1H3,(H2,21,23)(H,22,24)/t10-/m0/s1. The number of thiophene rings is 1. The van der Waals surface area contributed by atoms with Crippen LogP contribution in [0.5, 0.6) is 0 Å². The number of primary amides is 1. The molecule has 0 aliphatic heterocycles. The topological polar surface area (TPSA) is 102 Å². The number of benzene rings is 1. The molecule has 2 heterocycles. The van der Waals surface area contributed by atoms with Gasteiger partial charge in [0, 0.05) is 4.88 Å². The van der Waals surface area contributed by atoms with Crippen LogP contribution in [-0.4, -0.2) is 11.8 Å². The Labute approximate surface area is 159 Å². The average Bonchev–Trinajstić information content (AvgIpc) is 2.98. The molecule has 0 bridgehead atoms. The summed E-state index contributed by atoms with van der Waals surface area (Å²) in [4.78, 5) is 37.9. The van der Waals surface area contributed by atoms with Gasteiger partial charge in [-0.3, -0.25) is 9.59 Å². The Kier molecular flexibility index (Phi) is 4.31. The summed E-state index contributed by atoms with van der Waals surface area (Å²) in [6.07, 6.45) is 2.62. The lowest BCUT2D eigenvalue weighted by atomic mass is 9.88. The fourth-order valence-corrected chi connectivity index (χ4v) is 4.92. The third kappa shape index (κ3) is 3.14. The van der Waals surface area contributed by atoms with Gasteiger partial charge >= 0.3 is 5.63 Å². The summed E-state index contributed by atoms with van der Waals surface area (Å²) in [7, 11) is 0. The molecule has 0 fully saturated rings. The number of hydrogen-bond donors (Lipinski definition) is 2. The van der Waals surface area contributed by atoms with Crippen LogP contribution in [0.3, 0.4) is 0 Å². The van der Waals surface area contributed by atoms with Gasteiger partial charge < -0.3 is 15.5 Å². The molecule has 1 aromatic carbocycles. The highest BCUT2D eigenvalue weighted by atomic mass is 32.1. The second-order valence-electron chi connectivity index (χ2n) is 6.86. The summed E-state index contributed by atoms with van der Waals surface area (Å²) < 4.78 is 5.16. The number of carbonyl (C=O) groups is 2. The molecule has 0 saturated carbocycles. The van der Waals surface area contributed by atoms with Crippen molar-refractivity contribution in [2.24, 2.45) is 11.7 Å². The smallest absolute Gasteiger partial charge is 0.344 e. The first-order valence-corrected chi connectivity index (χ1v) is 9.54. The van der Waals surface area contributed by atoms with Gasteiger partial charge in [0.05, 0.1) is 10.9 Å². The van der Waals surface area contributed by atoms with E-state index in [1.165, 1.54) is 17.4 Å². The summed E-state index contributed by atoms with van der Waals surface area (Å²) >= 11 is 1.37. The Morgan fingerprint density at radius 1 is 1.30 bits per heavy atom. The normalized spacial score (nSPS) is 16.1. The van der Waals surface area contributed by atoms with Gasteiger partial charge in [-0.25, -0.2) is 4.79 Å². The summed E-state index contributed by atoms with van der Waals surface area (Å²) in [6, 6.07) is 8.41. The molecule has 2 amide bonds. The first kappa shape index (κ1) is 17.5. The molecular weight excluding hydrogens is 364 g/mol. The van der Waals surface area contributed by atoms with Crippen LogP contribution < -0.4 is 16.7 Å².